The third kappa shape index (κ3) is 4.88. The molecule has 166 valence electrons. The predicted molar refractivity (Wildman–Crippen MR) is 118 cm³/mol. The smallest absolute Gasteiger partial charge is 0.129 e. The summed E-state index contributed by atoms with van der Waals surface area (Å²) in [5, 5.41) is 0. The van der Waals surface area contributed by atoms with Gasteiger partial charge in [-0.3, -0.25) is 0 Å². The maximum Gasteiger partial charge on any atom is 0.129 e. The van der Waals surface area contributed by atoms with Gasteiger partial charge in [0.25, 0.3) is 0 Å². The molecule has 0 radical (unpaired) electrons. The van der Waals surface area contributed by atoms with Crippen LogP contribution in [-0.4, -0.2) is 12.3 Å². The molecule has 1 fully saturated rings. The average Bonchev–Trinajstić information content (AvgIpc) is 2.73. The van der Waals surface area contributed by atoms with Crippen LogP contribution in [0.1, 0.15) is 73.6 Å². The zero-order valence-corrected chi connectivity index (χ0v) is 18.0. The van der Waals surface area contributed by atoms with Crippen molar-refractivity contribution in [1.29, 1.82) is 0 Å². The summed E-state index contributed by atoms with van der Waals surface area (Å²) in [6.07, 6.45) is 5.58. The Labute approximate surface area is 182 Å². The number of hydrogen-bond acceptors (Lipinski definition) is 0. The molecule has 31 heavy (non-hydrogen) atoms. The molecule has 2 aromatic carbocycles. The minimum Gasteiger partial charge on any atom is -0.247 e. The Morgan fingerprint density at radius 2 is 1.65 bits per heavy atom. The lowest BCUT2D eigenvalue weighted by Gasteiger charge is -2.35. The highest BCUT2D eigenvalue weighted by Gasteiger charge is 2.39. The summed E-state index contributed by atoms with van der Waals surface area (Å²) in [7, 11) is 0. The first-order chi connectivity index (χ1) is 15.0. The Morgan fingerprint density at radius 3 is 2.32 bits per heavy atom. The molecule has 2 aliphatic rings. The van der Waals surface area contributed by atoms with Crippen molar-refractivity contribution in [2.45, 2.75) is 76.6 Å². The predicted octanol–water partition coefficient (Wildman–Crippen LogP) is 7.90. The highest BCUT2D eigenvalue weighted by Crippen LogP contribution is 2.42. The SMILES string of the molecule is CCCCCC1CC(F)C(c2ccc(C3=CCc4c(F)cc(F)cc4C3)cc2)C(F)C1. The van der Waals surface area contributed by atoms with Crippen molar-refractivity contribution in [3.8, 4) is 0 Å². The standard InChI is InChI=1S/C27H30F4/c1-2-3-4-5-17-12-25(30)27(26(31)13-17)19-8-6-18(7-9-19)20-10-11-23-21(14-20)15-22(28)16-24(23)29/h6-10,15-17,25-27H,2-5,11-14H2,1H3. The first kappa shape index (κ1) is 22.1. The van der Waals surface area contributed by atoms with Crippen LogP contribution in [-0.2, 0) is 12.8 Å². The van der Waals surface area contributed by atoms with E-state index in [-0.39, 0.29) is 5.92 Å². The van der Waals surface area contributed by atoms with Gasteiger partial charge in [-0.15, -0.1) is 0 Å². The molecule has 0 aromatic heterocycles. The molecule has 2 aliphatic carbocycles. The monoisotopic (exact) mass is 430 g/mol. The number of halogens is 4. The Kier molecular flexibility index (Phi) is 6.83. The second kappa shape index (κ2) is 9.58. The van der Waals surface area contributed by atoms with Gasteiger partial charge in [-0.2, -0.15) is 0 Å². The van der Waals surface area contributed by atoms with Crippen LogP contribution in [0.4, 0.5) is 17.6 Å². The third-order valence-electron chi connectivity index (χ3n) is 6.96. The molecule has 1 saturated carbocycles. The minimum atomic E-state index is -1.16. The molecule has 2 aromatic rings. The van der Waals surface area contributed by atoms with Gasteiger partial charge in [0.2, 0.25) is 0 Å². The van der Waals surface area contributed by atoms with E-state index in [9.17, 15) is 17.6 Å². The fourth-order valence-corrected chi connectivity index (χ4v) is 5.27. The highest BCUT2D eigenvalue weighted by atomic mass is 19.2. The van der Waals surface area contributed by atoms with Gasteiger partial charge in [0.05, 0.1) is 0 Å². The number of alkyl halides is 2. The van der Waals surface area contributed by atoms with Gasteiger partial charge in [-0.05, 0) is 65.5 Å². The minimum absolute atomic E-state index is 0.139. The molecule has 0 N–H and O–H groups in total. The van der Waals surface area contributed by atoms with Crippen molar-refractivity contribution in [3.63, 3.8) is 0 Å². The van der Waals surface area contributed by atoms with Crippen LogP contribution in [0, 0.1) is 17.6 Å². The molecule has 0 amide bonds. The molecule has 2 unspecified atom stereocenters. The molecule has 0 bridgehead atoms. The number of fused-ring (bicyclic) bond motifs is 1. The van der Waals surface area contributed by atoms with Gasteiger partial charge < -0.3 is 0 Å². The molecule has 4 heteroatoms. The molecular formula is C27H30F4. The summed E-state index contributed by atoms with van der Waals surface area (Å²) < 4.78 is 57.4. The van der Waals surface area contributed by atoms with Crippen LogP contribution in [0.15, 0.2) is 42.5 Å². The van der Waals surface area contributed by atoms with Gasteiger partial charge in [0.1, 0.15) is 24.0 Å². The van der Waals surface area contributed by atoms with Crippen LogP contribution in [0.25, 0.3) is 5.57 Å². The van der Waals surface area contributed by atoms with Gasteiger partial charge in [0, 0.05) is 12.0 Å². The van der Waals surface area contributed by atoms with Crippen molar-refractivity contribution >= 4 is 5.57 Å². The van der Waals surface area contributed by atoms with E-state index in [1.165, 1.54) is 6.07 Å². The second-order valence-electron chi connectivity index (χ2n) is 9.15. The Hall–Kier alpha value is -2.10. The van der Waals surface area contributed by atoms with Gasteiger partial charge >= 0.3 is 0 Å². The molecule has 4 rings (SSSR count). The normalized spacial score (nSPS) is 25.8. The van der Waals surface area contributed by atoms with Crippen molar-refractivity contribution in [1.82, 2.24) is 0 Å². The Balaban J connectivity index is 1.45. The zero-order chi connectivity index (χ0) is 22.0. The average molecular weight is 431 g/mol. The number of benzene rings is 2. The van der Waals surface area contributed by atoms with E-state index < -0.39 is 29.9 Å². The lowest BCUT2D eigenvalue weighted by molar-refractivity contribution is 0.0822. The largest absolute Gasteiger partial charge is 0.247 e. The molecule has 0 saturated heterocycles. The van der Waals surface area contributed by atoms with E-state index in [2.05, 4.69) is 6.92 Å². The van der Waals surface area contributed by atoms with E-state index >= 15 is 0 Å². The van der Waals surface area contributed by atoms with Crippen LogP contribution < -0.4 is 0 Å². The molecule has 2 atom stereocenters. The maximum atomic E-state index is 14.9. The highest BCUT2D eigenvalue weighted by molar-refractivity contribution is 5.70. The van der Waals surface area contributed by atoms with Crippen molar-refractivity contribution in [3.05, 3.63) is 76.4 Å². The number of hydrogen-bond donors (Lipinski definition) is 0. The molecule has 0 nitrogen and oxygen atoms in total. The van der Waals surface area contributed by atoms with Crippen LogP contribution in [0.3, 0.4) is 0 Å². The van der Waals surface area contributed by atoms with E-state index in [1.54, 1.807) is 0 Å². The summed E-state index contributed by atoms with van der Waals surface area (Å²) in [6, 6.07) is 9.72. The van der Waals surface area contributed by atoms with Crippen LogP contribution >= 0.6 is 0 Å². The van der Waals surface area contributed by atoms with E-state index in [1.807, 2.05) is 30.3 Å². The van der Waals surface area contributed by atoms with E-state index in [4.69, 9.17) is 0 Å². The van der Waals surface area contributed by atoms with Crippen LogP contribution in [0.5, 0.6) is 0 Å². The maximum absolute atomic E-state index is 14.9. The van der Waals surface area contributed by atoms with E-state index in [0.29, 0.717) is 42.4 Å². The van der Waals surface area contributed by atoms with Gasteiger partial charge in [-0.1, -0.05) is 62.9 Å². The zero-order valence-electron chi connectivity index (χ0n) is 18.0. The molecule has 0 spiro atoms. The summed E-state index contributed by atoms with van der Waals surface area (Å²) in [5.41, 5.74) is 3.81. The van der Waals surface area contributed by atoms with E-state index in [0.717, 1.165) is 42.9 Å². The lowest BCUT2D eigenvalue weighted by Crippen LogP contribution is -2.33. The fraction of sp³-hybridized carbons (Fsp3) is 0.481. The number of allylic oxidation sites excluding steroid dienone is 2. The summed E-state index contributed by atoms with van der Waals surface area (Å²) in [5.74, 6) is -1.64. The third-order valence-corrected chi connectivity index (χ3v) is 6.96. The van der Waals surface area contributed by atoms with Crippen molar-refractivity contribution < 1.29 is 17.6 Å². The van der Waals surface area contributed by atoms with Gasteiger partial charge in [0.15, 0.2) is 0 Å². The Bertz CT molecular complexity index is 919. The molecule has 0 heterocycles. The van der Waals surface area contributed by atoms with Crippen molar-refractivity contribution in [2.75, 3.05) is 0 Å². The number of rotatable bonds is 6. The quantitative estimate of drug-likeness (QED) is 0.323. The first-order valence-corrected chi connectivity index (χ1v) is 11.5. The number of unbranched alkanes of at least 4 members (excludes halogenated alkanes) is 2. The van der Waals surface area contributed by atoms with Crippen LogP contribution in [0.2, 0.25) is 0 Å². The summed E-state index contributed by atoms with van der Waals surface area (Å²) >= 11 is 0. The topological polar surface area (TPSA) is 0 Å². The second-order valence-corrected chi connectivity index (χ2v) is 9.15. The van der Waals surface area contributed by atoms with Crippen molar-refractivity contribution in [2.24, 2.45) is 5.92 Å². The van der Waals surface area contributed by atoms with Gasteiger partial charge in [-0.25, -0.2) is 17.6 Å². The molecular weight excluding hydrogens is 400 g/mol. The fourth-order valence-electron chi connectivity index (χ4n) is 5.27. The molecule has 0 aliphatic heterocycles. The Morgan fingerprint density at radius 1 is 0.935 bits per heavy atom. The lowest BCUT2D eigenvalue weighted by atomic mass is 9.74. The summed E-state index contributed by atoms with van der Waals surface area (Å²) in [6.45, 7) is 2.13. The first-order valence-electron chi connectivity index (χ1n) is 11.5. The summed E-state index contributed by atoms with van der Waals surface area (Å²) in [4.78, 5) is 0.